The third-order valence-electron chi connectivity index (χ3n) is 5.78. The van der Waals surface area contributed by atoms with Gasteiger partial charge in [-0.15, -0.1) is 0 Å². The highest BCUT2D eigenvalue weighted by Crippen LogP contribution is 2.44. The van der Waals surface area contributed by atoms with Crippen LogP contribution in [0.1, 0.15) is 28.6 Å². The topological polar surface area (TPSA) is 86.5 Å². The number of amides is 1. The Labute approximate surface area is 188 Å². The molecule has 1 fully saturated rings. The Morgan fingerprint density at radius 2 is 1.84 bits per heavy atom. The van der Waals surface area contributed by atoms with Crippen LogP contribution in [0.3, 0.4) is 0 Å². The maximum atomic E-state index is 13.2. The number of Topliss-reactive ketones (excluding diaryl/α,β-unsaturated/α-hetero) is 1. The van der Waals surface area contributed by atoms with Crippen LogP contribution in [0.25, 0.3) is 16.7 Å². The molecule has 2 N–H and O–H groups in total. The van der Waals surface area contributed by atoms with Crippen LogP contribution >= 0.6 is 11.6 Å². The zero-order valence-corrected chi connectivity index (χ0v) is 17.9. The van der Waals surface area contributed by atoms with E-state index in [0.29, 0.717) is 16.3 Å². The Kier molecular flexibility index (Phi) is 4.87. The number of fused-ring (bicyclic) bond motifs is 1. The summed E-state index contributed by atoms with van der Waals surface area (Å²) in [6.07, 6.45) is 1.52. The van der Waals surface area contributed by atoms with Gasteiger partial charge in [0.25, 0.3) is 11.7 Å². The van der Waals surface area contributed by atoms with Crippen molar-refractivity contribution in [2.45, 2.75) is 19.5 Å². The third-order valence-corrected chi connectivity index (χ3v) is 6.03. The number of hydrogen-bond acceptors (Lipinski definition) is 4. The smallest absolute Gasteiger partial charge is 0.296 e. The summed E-state index contributed by atoms with van der Waals surface area (Å²) in [4.78, 5) is 31.1. The molecule has 1 saturated heterocycles. The molecular formula is C25H19ClN2O4. The summed E-state index contributed by atoms with van der Waals surface area (Å²) in [6, 6.07) is 16.9. The number of aromatic amines is 1. The molecule has 6 nitrogen and oxygen atoms in total. The van der Waals surface area contributed by atoms with Crippen molar-refractivity contribution in [1.82, 2.24) is 9.88 Å². The minimum absolute atomic E-state index is 0.0386. The number of rotatable bonds is 4. The number of furan rings is 1. The molecular weight excluding hydrogens is 428 g/mol. The van der Waals surface area contributed by atoms with Gasteiger partial charge in [0.2, 0.25) is 0 Å². The van der Waals surface area contributed by atoms with Gasteiger partial charge in [0.15, 0.2) is 0 Å². The number of benzene rings is 2. The first-order chi connectivity index (χ1) is 15.5. The summed E-state index contributed by atoms with van der Waals surface area (Å²) >= 11 is 5.99. The molecule has 1 amide bonds. The SMILES string of the molecule is Cc1[nH]c2ccccc2c1C1/C(=C(\O)c2ccc(Cl)cc2)C(=O)C(=O)N1Cc1ccco1. The molecule has 1 aliphatic heterocycles. The van der Waals surface area contributed by atoms with Gasteiger partial charge < -0.3 is 19.4 Å². The Morgan fingerprint density at radius 3 is 2.56 bits per heavy atom. The maximum Gasteiger partial charge on any atom is 0.296 e. The van der Waals surface area contributed by atoms with Gasteiger partial charge in [-0.05, 0) is 49.4 Å². The Morgan fingerprint density at radius 1 is 1.09 bits per heavy atom. The maximum absolute atomic E-state index is 13.2. The summed E-state index contributed by atoms with van der Waals surface area (Å²) < 4.78 is 5.45. The van der Waals surface area contributed by atoms with E-state index in [4.69, 9.17) is 16.0 Å². The first-order valence-corrected chi connectivity index (χ1v) is 10.5. The average molecular weight is 447 g/mol. The molecule has 1 unspecified atom stereocenters. The van der Waals surface area contributed by atoms with Crippen LogP contribution in [0.2, 0.25) is 5.02 Å². The van der Waals surface area contributed by atoms with Crippen molar-refractivity contribution < 1.29 is 19.1 Å². The molecule has 2 aromatic heterocycles. The van der Waals surface area contributed by atoms with Crippen molar-refractivity contribution >= 4 is 40.0 Å². The quantitative estimate of drug-likeness (QED) is 0.251. The second-order valence-corrected chi connectivity index (χ2v) is 8.16. The lowest BCUT2D eigenvalue weighted by molar-refractivity contribution is -0.140. The van der Waals surface area contributed by atoms with Gasteiger partial charge >= 0.3 is 0 Å². The van der Waals surface area contributed by atoms with E-state index in [-0.39, 0.29) is 17.9 Å². The molecule has 0 bridgehead atoms. The largest absolute Gasteiger partial charge is 0.507 e. The molecule has 0 radical (unpaired) electrons. The summed E-state index contributed by atoms with van der Waals surface area (Å²) in [5, 5.41) is 12.6. The molecule has 1 atom stereocenters. The van der Waals surface area contributed by atoms with E-state index in [0.717, 1.165) is 22.2 Å². The van der Waals surface area contributed by atoms with E-state index in [1.54, 1.807) is 36.4 Å². The molecule has 0 saturated carbocycles. The van der Waals surface area contributed by atoms with Crippen LogP contribution in [0, 0.1) is 6.92 Å². The van der Waals surface area contributed by atoms with Crippen molar-refractivity contribution in [3.8, 4) is 0 Å². The zero-order chi connectivity index (χ0) is 22.4. The normalized spacial score (nSPS) is 18.1. The highest BCUT2D eigenvalue weighted by Gasteiger charge is 2.47. The summed E-state index contributed by atoms with van der Waals surface area (Å²) in [5.41, 5.74) is 2.91. The number of hydrogen-bond donors (Lipinski definition) is 2. The number of halogens is 1. The van der Waals surface area contributed by atoms with Crippen LogP contribution in [0.5, 0.6) is 0 Å². The molecule has 0 aliphatic carbocycles. The number of nitrogens with one attached hydrogen (secondary N) is 1. The highest BCUT2D eigenvalue weighted by atomic mass is 35.5. The molecule has 0 spiro atoms. The molecule has 32 heavy (non-hydrogen) atoms. The first kappa shape index (κ1) is 20.2. The van der Waals surface area contributed by atoms with Crippen LogP contribution in [0.4, 0.5) is 0 Å². The highest BCUT2D eigenvalue weighted by molar-refractivity contribution is 6.46. The second-order valence-electron chi connectivity index (χ2n) is 7.72. The second kappa shape index (κ2) is 7.73. The standard InChI is InChI=1S/C25H19ClN2O4/c1-14-20(18-6-2-3-7-19(18)27-14)22-21(23(29)15-8-10-16(26)11-9-15)24(30)25(31)28(22)13-17-5-4-12-32-17/h2-12,22,27,29H,13H2,1H3/b23-21+. The lowest BCUT2D eigenvalue weighted by Gasteiger charge is -2.25. The van der Waals surface area contributed by atoms with Crippen LogP contribution < -0.4 is 0 Å². The molecule has 1 aliphatic rings. The lowest BCUT2D eigenvalue weighted by atomic mass is 9.93. The monoisotopic (exact) mass is 446 g/mol. The van der Waals surface area contributed by atoms with Crippen molar-refractivity contribution in [2.24, 2.45) is 0 Å². The van der Waals surface area contributed by atoms with Crippen molar-refractivity contribution in [1.29, 1.82) is 0 Å². The Hall–Kier alpha value is -3.77. The average Bonchev–Trinajstić information content (AvgIpc) is 3.47. The van der Waals surface area contributed by atoms with Crippen molar-refractivity contribution in [3.63, 3.8) is 0 Å². The van der Waals surface area contributed by atoms with E-state index in [9.17, 15) is 14.7 Å². The fraction of sp³-hybridized carbons (Fsp3) is 0.120. The summed E-state index contributed by atoms with van der Waals surface area (Å²) in [6.45, 7) is 1.99. The molecule has 160 valence electrons. The van der Waals surface area contributed by atoms with Gasteiger partial charge in [-0.2, -0.15) is 0 Å². The Bertz CT molecular complexity index is 1370. The molecule has 2 aromatic carbocycles. The van der Waals surface area contributed by atoms with E-state index in [2.05, 4.69) is 4.98 Å². The number of nitrogens with zero attached hydrogens (tertiary/aromatic N) is 1. The van der Waals surface area contributed by atoms with Gasteiger partial charge in [0.1, 0.15) is 11.5 Å². The van der Waals surface area contributed by atoms with E-state index >= 15 is 0 Å². The molecule has 4 aromatic rings. The molecule has 3 heterocycles. The van der Waals surface area contributed by atoms with Gasteiger partial charge in [0.05, 0.1) is 24.4 Å². The van der Waals surface area contributed by atoms with Crippen LogP contribution in [-0.4, -0.2) is 26.7 Å². The minimum Gasteiger partial charge on any atom is -0.507 e. The number of aromatic nitrogens is 1. The van der Waals surface area contributed by atoms with Gasteiger partial charge in [0, 0.05) is 32.7 Å². The number of H-pyrrole nitrogens is 1. The van der Waals surface area contributed by atoms with Crippen LogP contribution in [0.15, 0.2) is 76.9 Å². The number of likely N-dealkylation sites (tertiary alicyclic amines) is 1. The lowest BCUT2D eigenvalue weighted by Crippen LogP contribution is -2.29. The van der Waals surface area contributed by atoms with Crippen LogP contribution in [-0.2, 0) is 16.1 Å². The fourth-order valence-corrected chi connectivity index (χ4v) is 4.45. The van der Waals surface area contributed by atoms with Crippen molar-refractivity contribution in [3.05, 3.63) is 100 Å². The Balaban J connectivity index is 1.75. The first-order valence-electron chi connectivity index (χ1n) is 10.1. The van der Waals surface area contributed by atoms with Gasteiger partial charge in [-0.25, -0.2) is 0 Å². The van der Waals surface area contributed by atoms with Gasteiger partial charge in [-0.1, -0.05) is 29.8 Å². The number of carbonyl (C=O) groups excluding carboxylic acids is 2. The van der Waals surface area contributed by atoms with Crippen molar-refractivity contribution in [2.75, 3.05) is 0 Å². The number of aliphatic hydroxyl groups excluding tert-OH is 1. The van der Waals surface area contributed by atoms with Gasteiger partial charge in [-0.3, -0.25) is 9.59 Å². The molecule has 5 rings (SSSR count). The number of aryl methyl sites for hydroxylation is 1. The predicted octanol–water partition coefficient (Wildman–Crippen LogP) is 5.34. The minimum atomic E-state index is -0.785. The number of ketones is 1. The number of para-hydroxylation sites is 1. The summed E-state index contributed by atoms with van der Waals surface area (Å²) in [5.74, 6) is -1.12. The third kappa shape index (κ3) is 3.20. The molecule has 7 heteroatoms. The summed E-state index contributed by atoms with van der Waals surface area (Å²) in [7, 11) is 0. The number of carbonyl (C=O) groups is 2. The fourth-order valence-electron chi connectivity index (χ4n) is 4.33. The van der Waals surface area contributed by atoms with E-state index in [1.807, 2.05) is 31.2 Å². The van der Waals surface area contributed by atoms with E-state index in [1.165, 1.54) is 11.2 Å². The zero-order valence-electron chi connectivity index (χ0n) is 17.1. The van der Waals surface area contributed by atoms with E-state index < -0.39 is 17.7 Å². The number of aliphatic hydroxyl groups is 1. The predicted molar refractivity (Wildman–Crippen MR) is 121 cm³/mol.